The molecule has 0 aliphatic carbocycles. The number of rotatable bonds is 6. The SMILES string of the molecule is Oc1ccc(OCCNCc2ccccc2)cc1. The fourth-order valence-electron chi connectivity index (χ4n) is 1.61. The number of phenols is 1. The van der Waals surface area contributed by atoms with Crippen LogP contribution in [0.2, 0.25) is 0 Å². The molecule has 0 saturated carbocycles. The van der Waals surface area contributed by atoms with Crippen molar-refractivity contribution in [1.29, 1.82) is 0 Å². The summed E-state index contributed by atoms with van der Waals surface area (Å²) in [5, 5.41) is 12.4. The summed E-state index contributed by atoms with van der Waals surface area (Å²) in [5.41, 5.74) is 1.27. The highest BCUT2D eigenvalue weighted by molar-refractivity contribution is 5.30. The minimum atomic E-state index is 0.254. The fraction of sp³-hybridized carbons (Fsp3) is 0.200. The molecule has 0 atom stereocenters. The zero-order chi connectivity index (χ0) is 12.6. The van der Waals surface area contributed by atoms with Gasteiger partial charge in [0, 0.05) is 13.1 Å². The van der Waals surface area contributed by atoms with Crippen LogP contribution in [0, 0.1) is 0 Å². The number of nitrogens with one attached hydrogen (secondary N) is 1. The molecule has 2 N–H and O–H groups in total. The maximum Gasteiger partial charge on any atom is 0.119 e. The highest BCUT2D eigenvalue weighted by Crippen LogP contribution is 2.15. The normalized spacial score (nSPS) is 10.2. The van der Waals surface area contributed by atoms with Crippen LogP contribution in [-0.4, -0.2) is 18.3 Å². The molecule has 18 heavy (non-hydrogen) atoms. The molecule has 0 heterocycles. The number of hydrogen-bond donors (Lipinski definition) is 2. The summed E-state index contributed by atoms with van der Waals surface area (Å²) < 4.78 is 5.53. The van der Waals surface area contributed by atoms with E-state index in [2.05, 4.69) is 17.4 Å². The van der Waals surface area contributed by atoms with Crippen LogP contribution in [0.4, 0.5) is 0 Å². The second kappa shape index (κ2) is 6.67. The molecular formula is C15H17NO2. The van der Waals surface area contributed by atoms with Crippen LogP contribution in [-0.2, 0) is 6.54 Å². The van der Waals surface area contributed by atoms with E-state index in [1.807, 2.05) is 18.2 Å². The molecular weight excluding hydrogens is 226 g/mol. The van der Waals surface area contributed by atoms with Crippen molar-refractivity contribution in [2.45, 2.75) is 6.54 Å². The third kappa shape index (κ3) is 4.11. The van der Waals surface area contributed by atoms with Gasteiger partial charge in [-0.25, -0.2) is 0 Å². The molecule has 0 aliphatic heterocycles. The zero-order valence-corrected chi connectivity index (χ0v) is 10.2. The number of aromatic hydroxyl groups is 1. The van der Waals surface area contributed by atoms with Gasteiger partial charge in [0.2, 0.25) is 0 Å². The van der Waals surface area contributed by atoms with Gasteiger partial charge in [-0.15, -0.1) is 0 Å². The first kappa shape index (κ1) is 12.5. The smallest absolute Gasteiger partial charge is 0.119 e. The van der Waals surface area contributed by atoms with Gasteiger partial charge in [0.15, 0.2) is 0 Å². The second-order valence-electron chi connectivity index (χ2n) is 4.00. The standard InChI is InChI=1S/C15H17NO2/c17-14-6-8-15(9-7-14)18-11-10-16-12-13-4-2-1-3-5-13/h1-9,16-17H,10-12H2. The fourth-order valence-corrected chi connectivity index (χ4v) is 1.61. The van der Waals surface area contributed by atoms with Crippen molar-refractivity contribution in [2.75, 3.05) is 13.2 Å². The third-order valence-corrected chi connectivity index (χ3v) is 2.56. The van der Waals surface area contributed by atoms with Gasteiger partial charge in [-0.1, -0.05) is 30.3 Å². The van der Waals surface area contributed by atoms with Crippen LogP contribution in [0.15, 0.2) is 54.6 Å². The summed E-state index contributed by atoms with van der Waals surface area (Å²) >= 11 is 0. The van der Waals surface area contributed by atoms with Crippen molar-refractivity contribution in [2.24, 2.45) is 0 Å². The lowest BCUT2D eigenvalue weighted by Crippen LogP contribution is -2.20. The van der Waals surface area contributed by atoms with Crippen LogP contribution in [0.5, 0.6) is 11.5 Å². The highest BCUT2D eigenvalue weighted by Gasteiger charge is 1.94. The lowest BCUT2D eigenvalue weighted by Gasteiger charge is -2.07. The lowest BCUT2D eigenvalue weighted by molar-refractivity contribution is 0.313. The van der Waals surface area contributed by atoms with Crippen LogP contribution in [0.1, 0.15) is 5.56 Å². The van der Waals surface area contributed by atoms with Crippen molar-refractivity contribution >= 4 is 0 Å². The summed E-state index contributed by atoms with van der Waals surface area (Å²) in [6.07, 6.45) is 0. The molecule has 0 aliphatic rings. The Morgan fingerprint density at radius 2 is 1.67 bits per heavy atom. The Labute approximate surface area is 107 Å². The van der Waals surface area contributed by atoms with E-state index in [1.54, 1.807) is 24.3 Å². The quantitative estimate of drug-likeness (QED) is 0.766. The number of phenolic OH excluding ortho intramolecular Hbond substituents is 1. The van der Waals surface area contributed by atoms with E-state index in [-0.39, 0.29) is 5.75 Å². The van der Waals surface area contributed by atoms with E-state index in [0.717, 1.165) is 18.8 Å². The summed E-state index contributed by atoms with van der Waals surface area (Å²) in [4.78, 5) is 0. The van der Waals surface area contributed by atoms with E-state index < -0.39 is 0 Å². The Balaban J connectivity index is 1.63. The number of hydrogen-bond acceptors (Lipinski definition) is 3. The van der Waals surface area contributed by atoms with E-state index in [9.17, 15) is 0 Å². The average molecular weight is 243 g/mol. The first-order chi connectivity index (χ1) is 8.84. The van der Waals surface area contributed by atoms with Crippen molar-refractivity contribution in [3.05, 3.63) is 60.2 Å². The molecule has 94 valence electrons. The van der Waals surface area contributed by atoms with Crippen LogP contribution >= 0.6 is 0 Å². The summed E-state index contributed by atoms with van der Waals surface area (Å²) in [6, 6.07) is 17.0. The Morgan fingerprint density at radius 3 is 2.39 bits per heavy atom. The van der Waals surface area contributed by atoms with Gasteiger partial charge in [-0.3, -0.25) is 0 Å². The molecule has 0 bridgehead atoms. The van der Waals surface area contributed by atoms with Gasteiger partial charge in [0.25, 0.3) is 0 Å². The topological polar surface area (TPSA) is 41.5 Å². The molecule has 3 nitrogen and oxygen atoms in total. The summed E-state index contributed by atoms with van der Waals surface area (Å²) in [7, 11) is 0. The highest BCUT2D eigenvalue weighted by atomic mass is 16.5. The molecule has 0 unspecified atom stereocenters. The largest absolute Gasteiger partial charge is 0.508 e. The molecule has 3 heteroatoms. The molecule has 2 aromatic rings. The van der Waals surface area contributed by atoms with Gasteiger partial charge < -0.3 is 15.2 Å². The molecule has 0 radical (unpaired) electrons. The maximum absolute atomic E-state index is 9.12. The Kier molecular flexibility index (Phi) is 4.61. The van der Waals surface area contributed by atoms with E-state index >= 15 is 0 Å². The van der Waals surface area contributed by atoms with E-state index in [4.69, 9.17) is 9.84 Å². The molecule has 2 aromatic carbocycles. The second-order valence-corrected chi connectivity index (χ2v) is 4.00. The minimum absolute atomic E-state index is 0.254. The molecule has 0 amide bonds. The lowest BCUT2D eigenvalue weighted by atomic mass is 10.2. The van der Waals surface area contributed by atoms with E-state index in [1.165, 1.54) is 5.56 Å². The summed E-state index contributed by atoms with van der Waals surface area (Å²) in [5.74, 6) is 1.03. The van der Waals surface area contributed by atoms with Crippen LogP contribution < -0.4 is 10.1 Å². The molecule has 0 fully saturated rings. The number of benzene rings is 2. The van der Waals surface area contributed by atoms with Gasteiger partial charge in [-0.05, 0) is 29.8 Å². The Hall–Kier alpha value is -2.00. The van der Waals surface area contributed by atoms with Gasteiger partial charge in [-0.2, -0.15) is 0 Å². The first-order valence-electron chi connectivity index (χ1n) is 6.01. The van der Waals surface area contributed by atoms with Crippen molar-refractivity contribution in [3.8, 4) is 11.5 Å². The van der Waals surface area contributed by atoms with Gasteiger partial charge in [0.1, 0.15) is 18.1 Å². The van der Waals surface area contributed by atoms with E-state index in [0.29, 0.717) is 6.61 Å². The zero-order valence-electron chi connectivity index (χ0n) is 10.2. The van der Waals surface area contributed by atoms with Crippen molar-refractivity contribution in [3.63, 3.8) is 0 Å². The first-order valence-corrected chi connectivity index (χ1v) is 6.01. The average Bonchev–Trinajstić information content (AvgIpc) is 2.42. The predicted molar refractivity (Wildman–Crippen MR) is 71.8 cm³/mol. The number of ether oxygens (including phenoxy) is 1. The maximum atomic E-state index is 9.12. The van der Waals surface area contributed by atoms with Crippen LogP contribution in [0.3, 0.4) is 0 Å². The van der Waals surface area contributed by atoms with Crippen LogP contribution in [0.25, 0.3) is 0 Å². The molecule has 0 spiro atoms. The molecule has 0 saturated heterocycles. The van der Waals surface area contributed by atoms with Gasteiger partial charge in [0.05, 0.1) is 0 Å². The van der Waals surface area contributed by atoms with Gasteiger partial charge >= 0.3 is 0 Å². The Bertz CT molecular complexity index is 454. The third-order valence-electron chi connectivity index (χ3n) is 2.56. The minimum Gasteiger partial charge on any atom is -0.508 e. The predicted octanol–water partition coefficient (Wildman–Crippen LogP) is 2.56. The Morgan fingerprint density at radius 1 is 0.944 bits per heavy atom. The molecule has 0 aromatic heterocycles. The van der Waals surface area contributed by atoms with Crippen molar-refractivity contribution in [1.82, 2.24) is 5.32 Å². The van der Waals surface area contributed by atoms with Crippen molar-refractivity contribution < 1.29 is 9.84 Å². The summed E-state index contributed by atoms with van der Waals surface area (Å²) in [6.45, 7) is 2.24. The molecule has 2 rings (SSSR count). The monoisotopic (exact) mass is 243 g/mol.